The molecule has 0 N–H and O–H groups in total. The summed E-state index contributed by atoms with van der Waals surface area (Å²) in [7, 11) is -0.151. The Labute approximate surface area is 158 Å². The molecule has 0 unspecified atom stereocenters. The molecule has 0 radical (unpaired) electrons. The molecule has 26 heavy (non-hydrogen) atoms. The lowest BCUT2D eigenvalue weighted by atomic mass is 10.1. The van der Waals surface area contributed by atoms with Gasteiger partial charge in [-0.15, -0.1) is 0 Å². The van der Waals surface area contributed by atoms with Gasteiger partial charge in [-0.2, -0.15) is 0 Å². The molecule has 3 rings (SSSR count). The van der Waals surface area contributed by atoms with Crippen LogP contribution in [0.5, 0.6) is 5.75 Å². The lowest BCUT2D eigenvalue weighted by molar-refractivity contribution is 0.0630. The number of rotatable bonds is 6. The lowest BCUT2D eigenvalue weighted by Crippen LogP contribution is -2.64. The molecule has 1 aliphatic carbocycles. The van der Waals surface area contributed by atoms with Crippen LogP contribution in [0.4, 0.5) is 0 Å². The maximum atomic E-state index is 6.33. The summed E-state index contributed by atoms with van der Waals surface area (Å²) < 4.78 is 12.5. The Kier molecular flexibility index (Phi) is 5.13. The summed E-state index contributed by atoms with van der Waals surface area (Å²) in [5, 5.41) is 1.20. The third-order valence-corrected chi connectivity index (χ3v) is 10.6. The molecule has 1 aliphatic rings. The maximum Gasteiger partial charge on any atom is 0.123 e. The van der Waals surface area contributed by atoms with E-state index >= 15 is 0 Å². The Morgan fingerprint density at radius 2 is 1.73 bits per heavy atom. The van der Waals surface area contributed by atoms with Crippen LogP contribution in [0.25, 0.3) is 0 Å². The zero-order valence-electron chi connectivity index (χ0n) is 16.7. The SMILES string of the molecule is C=CCOc1c(C)cc(C)cc1[Si](C)(C)C1(OC)Cc2ccccc2C1. The van der Waals surface area contributed by atoms with Crippen LogP contribution in [-0.4, -0.2) is 27.0 Å². The van der Waals surface area contributed by atoms with E-state index < -0.39 is 8.07 Å². The van der Waals surface area contributed by atoms with Crippen LogP contribution < -0.4 is 9.92 Å². The first kappa shape index (κ1) is 18.9. The standard InChI is InChI=1S/C23H30O2Si/c1-7-12-25-22-18(3)13-17(2)14-21(22)26(5,6)23(24-4)15-19-10-8-9-11-20(19)16-23/h7-11,13-14H,1,12,15-16H2,2-6H3. The van der Waals surface area contributed by atoms with Gasteiger partial charge in [0.15, 0.2) is 0 Å². The topological polar surface area (TPSA) is 18.5 Å². The molecular formula is C23H30O2Si. The zero-order chi connectivity index (χ0) is 18.9. The number of aryl methyl sites for hydroxylation is 2. The second-order valence-electron chi connectivity index (χ2n) is 8.00. The van der Waals surface area contributed by atoms with E-state index in [0.29, 0.717) is 6.61 Å². The van der Waals surface area contributed by atoms with E-state index in [-0.39, 0.29) is 5.22 Å². The van der Waals surface area contributed by atoms with E-state index in [4.69, 9.17) is 9.47 Å². The van der Waals surface area contributed by atoms with Crippen LogP contribution in [0, 0.1) is 13.8 Å². The monoisotopic (exact) mass is 366 g/mol. The van der Waals surface area contributed by atoms with Crippen molar-refractivity contribution in [2.24, 2.45) is 0 Å². The number of ether oxygens (including phenoxy) is 2. The minimum absolute atomic E-state index is 0.150. The van der Waals surface area contributed by atoms with E-state index in [1.165, 1.54) is 27.4 Å². The Bertz CT molecular complexity index is 798. The highest BCUT2D eigenvalue weighted by Crippen LogP contribution is 2.40. The summed E-state index contributed by atoms with van der Waals surface area (Å²) in [4.78, 5) is 0. The van der Waals surface area contributed by atoms with Crippen LogP contribution in [-0.2, 0) is 17.6 Å². The third kappa shape index (κ3) is 3.04. The van der Waals surface area contributed by atoms with Crippen molar-refractivity contribution < 1.29 is 9.47 Å². The molecule has 2 aromatic rings. The highest BCUT2D eigenvalue weighted by molar-refractivity contribution is 6.93. The second-order valence-corrected chi connectivity index (χ2v) is 12.7. The summed E-state index contributed by atoms with van der Waals surface area (Å²) in [5.41, 5.74) is 5.33. The third-order valence-electron chi connectivity index (χ3n) is 6.04. The minimum Gasteiger partial charge on any atom is -0.489 e. The molecule has 0 amide bonds. The van der Waals surface area contributed by atoms with Gasteiger partial charge in [0, 0.05) is 7.11 Å². The average Bonchev–Trinajstić information content (AvgIpc) is 3.01. The van der Waals surface area contributed by atoms with E-state index in [0.717, 1.165) is 18.6 Å². The van der Waals surface area contributed by atoms with Crippen molar-refractivity contribution >= 4 is 13.3 Å². The van der Waals surface area contributed by atoms with E-state index in [2.05, 4.69) is 69.9 Å². The Morgan fingerprint density at radius 3 is 2.27 bits per heavy atom. The predicted molar refractivity (Wildman–Crippen MR) is 112 cm³/mol. The van der Waals surface area contributed by atoms with Crippen LogP contribution in [0.2, 0.25) is 13.1 Å². The molecule has 3 heteroatoms. The Balaban J connectivity index is 2.11. The molecule has 0 aliphatic heterocycles. The molecule has 0 heterocycles. The largest absolute Gasteiger partial charge is 0.489 e. The molecule has 0 bridgehead atoms. The smallest absolute Gasteiger partial charge is 0.123 e. The molecule has 2 aromatic carbocycles. The summed E-state index contributed by atoms with van der Waals surface area (Å²) in [6.45, 7) is 13.5. The molecule has 2 nitrogen and oxygen atoms in total. The first-order valence-electron chi connectivity index (χ1n) is 9.32. The number of hydrogen-bond acceptors (Lipinski definition) is 2. The van der Waals surface area contributed by atoms with Crippen LogP contribution in [0.15, 0.2) is 49.1 Å². The first-order valence-corrected chi connectivity index (χ1v) is 12.3. The summed E-state index contributed by atoms with van der Waals surface area (Å²) in [6.07, 6.45) is 3.77. The van der Waals surface area contributed by atoms with Gasteiger partial charge in [-0.3, -0.25) is 0 Å². The van der Waals surface area contributed by atoms with Gasteiger partial charge in [-0.1, -0.05) is 67.7 Å². The summed E-state index contributed by atoms with van der Waals surface area (Å²) in [6, 6.07) is 13.3. The van der Waals surface area contributed by atoms with Crippen molar-refractivity contribution in [2.75, 3.05) is 13.7 Å². The van der Waals surface area contributed by atoms with Gasteiger partial charge >= 0.3 is 0 Å². The van der Waals surface area contributed by atoms with Gasteiger partial charge in [0.05, 0.1) is 5.22 Å². The van der Waals surface area contributed by atoms with E-state index in [9.17, 15) is 0 Å². The lowest BCUT2D eigenvalue weighted by Gasteiger charge is -2.43. The molecule has 0 spiro atoms. The number of hydrogen-bond donors (Lipinski definition) is 0. The molecule has 0 aromatic heterocycles. The summed E-state index contributed by atoms with van der Waals surface area (Å²) >= 11 is 0. The number of fused-ring (bicyclic) bond motifs is 1. The summed E-state index contributed by atoms with van der Waals surface area (Å²) in [5.74, 6) is 1.03. The van der Waals surface area contributed by atoms with Crippen molar-refractivity contribution in [3.05, 3.63) is 71.3 Å². The molecule has 0 saturated carbocycles. The molecular weight excluding hydrogens is 336 g/mol. The van der Waals surface area contributed by atoms with Gasteiger partial charge in [-0.25, -0.2) is 0 Å². The van der Waals surface area contributed by atoms with Crippen molar-refractivity contribution in [1.82, 2.24) is 0 Å². The van der Waals surface area contributed by atoms with Crippen molar-refractivity contribution in [1.29, 1.82) is 0 Å². The van der Waals surface area contributed by atoms with Gasteiger partial charge in [0.1, 0.15) is 20.4 Å². The van der Waals surface area contributed by atoms with Crippen molar-refractivity contribution in [3.63, 3.8) is 0 Å². The van der Waals surface area contributed by atoms with Gasteiger partial charge in [-0.05, 0) is 48.6 Å². The quantitative estimate of drug-likeness (QED) is 0.553. The molecule has 0 atom stereocenters. The van der Waals surface area contributed by atoms with Gasteiger partial charge in [0.2, 0.25) is 0 Å². The van der Waals surface area contributed by atoms with Crippen molar-refractivity contribution in [2.45, 2.75) is 45.0 Å². The molecule has 138 valence electrons. The molecule has 0 saturated heterocycles. The number of benzene rings is 2. The highest BCUT2D eigenvalue weighted by atomic mass is 28.3. The zero-order valence-corrected chi connectivity index (χ0v) is 17.7. The van der Waals surface area contributed by atoms with Gasteiger partial charge < -0.3 is 9.47 Å². The van der Waals surface area contributed by atoms with Gasteiger partial charge in [0.25, 0.3) is 0 Å². The van der Waals surface area contributed by atoms with Crippen LogP contribution in [0.1, 0.15) is 22.3 Å². The average molecular weight is 367 g/mol. The second kappa shape index (κ2) is 7.05. The Morgan fingerprint density at radius 1 is 1.12 bits per heavy atom. The molecule has 0 fully saturated rings. The predicted octanol–water partition coefficient (Wildman–Crippen LogP) is 4.51. The van der Waals surface area contributed by atoms with E-state index in [1.807, 2.05) is 13.2 Å². The first-order chi connectivity index (χ1) is 12.3. The maximum absolute atomic E-state index is 6.33. The minimum atomic E-state index is -2.03. The van der Waals surface area contributed by atoms with E-state index in [1.54, 1.807) is 0 Å². The van der Waals surface area contributed by atoms with Crippen LogP contribution in [0.3, 0.4) is 0 Å². The number of methoxy groups -OCH3 is 1. The normalized spacial score (nSPS) is 15.6. The fraction of sp³-hybridized carbons (Fsp3) is 0.391. The highest BCUT2D eigenvalue weighted by Gasteiger charge is 2.52. The fourth-order valence-electron chi connectivity index (χ4n) is 4.42. The van der Waals surface area contributed by atoms with Crippen molar-refractivity contribution in [3.8, 4) is 5.75 Å². The van der Waals surface area contributed by atoms with Crippen LogP contribution >= 0.6 is 0 Å². The fourth-order valence-corrected chi connectivity index (χ4v) is 8.11. The Hall–Kier alpha value is -1.84.